The number of amides is 2. The molecule has 4 rings (SSSR count). The molecule has 2 aromatic rings. The molecule has 180 valence electrons. The van der Waals surface area contributed by atoms with Crippen LogP contribution >= 0.6 is 23.4 Å². The number of carbonyl (C=O) groups is 2. The van der Waals surface area contributed by atoms with Gasteiger partial charge in [0.15, 0.2) is 5.17 Å². The maximum absolute atomic E-state index is 13.3. The van der Waals surface area contributed by atoms with Crippen LogP contribution in [0, 0.1) is 0 Å². The van der Waals surface area contributed by atoms with Crippen LogP contribution in [0.5, 0.6) is 11.5 Å². The van der Waals surface area contributed by atoms with E-state index in [9.17, 15) is 9.59 Å². The molecule has 0 spiro atoms. The van der Waals surface area contributed by atoms with Crippen molar-refractivity contribution in [2.75, 3.05) is 32.7 Å². The Hall–Kier alpha value is -2.75. The largest absolute Gasteiger partial charge is 0.497 e. The third-order valence-corrected chi connectivity index (χ3v) is 6.96. The molecule has 0 saturated carbocycles. The van der Waals surface area contributed by atoms with Crippen molar-refractivity contribution in [3.8, 4) is 11.5 Å². The summed E-state index contributed by atoms with van der Waals surface area (Å²) in [5, 5.41) is 3.41. The van der Waals surface area contributed by atoms with Crippen LogP contribution < -0.4 is 14.8 Å². The van der Waals surface area contributed by atoms with E-state index >= 15 is 0 Å². The van der Waals surface area contributed by atoms with Gasteiger partial charge in [0.25, 0.3) is 0 Å². The highest BCUT2D eigenvalue weighted by molar-refractivity contribution is 8.15. The molecule has 1 N–H and O–H groups in total. The second-order valence-corrected chi connectivity index (χ2v) is 9.49. The molecule has 0 bridgehead atoms. The number of benzene rings is 2. The first kappa shape index (κ1) is 24.4. The Morgan fingerprint density at radius 2 is 2.03 bits per heavy atom. The lowest BCUT2D eigenvalue weighted by molar-refractivity contribution is -0.129. The van der Waals surface area contributed by atoms with Gasteiger partial charge in [-0.3, -0.25) is 14.5 Å². The third kappa shape index (κ3) is 5.84. The van der Waals surface area contributed by atoms with Gasteiger partial charge in [-0.15, -0.1) is 0 Å². The van der Waals surface area contributed by atoms with Gasteiger partial charge in [0.1, 0.15) is 16.7 Å². The molecule has 2 aliphatic rings. The molecule has 2 amide bonds. The first-order valence-corrected chi connectivity index (χ1v) is 12.2. The Kier molecular flexibility index (Phi) is 7.97. The molecule has 2 atom stereocenters. The van der Waals surface area contributed by atoms with E-state index in [0.29, 0.717) is 46.2 Å². The number of methoxy groups -OCH3 is 2. The van der Waals surface area contributed by atoms with Crippen LogP contribution in [0.1, 0.15) is 19.3 Å². The van der Waals surface area contributed by atoms with E-state index < -0.39 is 5.25 Å². The maximum atomic E-state index is 13.3. The van der Waals surface area contributed by atoms with Crippen LogP contribution in [0.4, 0.5) is 11.4 Å². The predicted octanol–water partition coefficient (Wildman–Crippen LogP) is 4.50. The molecule has 8 nitrogen and oxygen atoms in total. The fourth-order valence-corrected chi connectivity index (χ4v) is 5.09. The molecule has 2 saturated heterocycles. The van der Waals surface area contributed by atoms with Gasteiger partial charge in [-0.05, 0) is 49.2 Å². The average Bonchev–Trinajstić information content (AvgIpc) is 3.45. The molecule has 34 heavy (non-hydrogen) atoms. The summed E-state index contributed by atoms with van der Waals surface area (Å²) >= 11 is 7.27. The van der Waals surface area contributed by atoms with Gasteiger partial charge >= 0.3 is 0 Å². The normalized spacial score (nSPS) is 21.2. The van der Waals surface area contributed by atoms with Crippen molar-refractivity contribution in [2.24, 2.45) is 4.99 Å². The van der Waals surface area contributed by atoms with Crippen LogP contribution in [0.15, 0.2) is 47.5 Å². The van der Waals surface area contributed by atoms with Crippen LogP contribution in [0.3, 0.4) is 0 Å². The van der Waals surface area contributed by atoms with Crippen molar-refractivity contribution in [2.45, 2.75) is 30.6 Å². The Morgan fingerprint density at radius 3 is 2.71 bits per heavy atom. The second kappa shape index (κ2) is 11.1. The van der Waals surface area contributed by atoms with Crippen molar-refractivity contribution in [3.63, 3.8) is 0 Å². The third-order valence-electron chi connectivity index (χ3n) is 5.53. The van der Waals surface area contributed by atoms with Crippen molar-refractivity contribution < 1.29 is 23.8 Å². The van der Waals surface area contributed by atoms with E-state index in [1.165, 1.54) is 18.9 Å². The smallest absolute Gasteiger partial charge is 0.242 e. The highest BCUT2D eigenvalue weighted by atomic mass is 35.5. The molecule has 2 fully saturated rings. The summed E-state index contributed by atoms with van der Waals surface area (Å²) in [5.74, 6) is 0.635. The van der Waals surface area contributed by atoms with Gasteiger partial charge in [0, 0.05) is 24.1 Å². The molecular weight excluding hydrogens is 478 g/mol. The molecule has 0 radical (unpaired) electrons. The highest BCUT2D eigenvalue weighted by Crippen LogP contribution is 2.34. The summed E-state index contributed by atoms with van der Waals surface area (Å²) in [5.41, 5.74) is 1.16. The number of ether oxygens (including phenoxy) is 3. The molecule has 10 heteroatoms. The number of carbonyl (C=O) groups excluding carboxylic acids is 2. The minimum atomic E-state index is -0.593. The van der Waals surface area contributed by atoms with Gasteiger partial charge in [-0.2, -0.15) is 0 Å². The molecule has 2 heterocycles. The zero-order valence-corrected chi connectivity index (χ0v) is 20.5. The van der Waals surface area contributed by atoms with Gasteiger partial charge in [0.2, 0.25) is 11.8 Å². The summed E-state index contributed by atoms with van der Waals surface area (Å²) in [6, 6.07) is 12.2. The van der Waals surface area contributed by atoms with E-state index in [1.807, 2.05) is 0 Å². The van der Waals surface area contributed by atoms with Crippen molar-refractivity contribution >= 4 is 51.7 Å². The van der Waals surface area contributed by atoms with E-state index in [4.69, 9.17) is 25.8 Å². The summed E-state index contributed by atoms with van der Waals surface area (Å²) in [6.07, 6.45) is 1.82. The Balaban J connectivity index is 1.50. The molecule has 2 aliphatic heterocycles. The summed E-state index contributed by atoms with van der Waals surface area (Å²) in [4.78, 5) is 32.5. The maximum Gasteiger partial charge on any atom is 0.242 e. The van der Waals surface area contributed by atoms with Crippen LogP contribution in [-0.4, -0.2) is 60.6 Å². The Morgan fingerprint density at radius 1 is 1.24 bits per heavy atom. The lowest BCUT2D eigenvalue weighted by Crippen LogP contribution is -2.38. The van der Waals surface area contributed by atoms with Gasteiger partial charge in [-0.25, -0.2) is 4.99 Å². The fourth-order valence-electron chi connectivity index (χ4n) is 3.79. The number of nitrogens with zero attached hydrogens (tertiary/aromatic N) is 2. The second-order valence-electron chi connectivity index (χ2n) is 7.88. The van der Waals surface area contributed by atoms with Crippen LogP contribution in [0.2, 0.25) is 5.02 Å². The molecule has 0 aromatic heterocycles. The number of rotatable bonds is 8. The Bertz CT molecular complexity index is 1070. The highest BCUT2D eigenvalue weighted by Gasteiger charge is 2.40. The molecule has 2 aromatic carbocycles. The van der Waals surface area contributed by atoms with E-state index in [0.717, 1.165) is 12.8 Å². The summed E-state index contributed by atoms with van der Waals surface area (Å²) < 4.78 is 16.3. The zero-order valence-electron chi connectivity index (χ0n) is 19.0. The number of nitrogens with one attached hydrogen (secondary N) is 1. The number of halogens is 1. The van der Waals surface area contributed by atoms with E-state index in [2.05, 4.69) is 10.3 Å². The van der Waals surface area contributed by atoms with E-state index in [1.54, 1.807) is 54.5 Å². The van der Waals surface area contributed by atoms with Gasteiger partial charge < -0.3 is 19.5 Å². The molecule has 0 aliphatic carbocycles. The van der Waals surface area contributed by atoms with Crippen molar-refractivity contribution in [1.29, 1.82) is 0 Å². The number of hydrogen-bond donors (Lipinski definition) is 1. The number of amidine groups is 1. The van der Waals surface area contributed by atoms with Crippen molar-refractivity contribution in [3.05, 3.63) is 47.5 Å². The van der Waals surface area contributed by atoms with E-state index in [-0.39, 0.29) is 24.3 Å². The number of aliphatic imine (C=N–C) groups is 1. The van der Waals surface area contributed by atoms with Gasteiger partial charge in [0.05, 0.1) is 38.2 Å². The lowest BCUT2D eigenvalue weighted by atomic mass is 10.2. The van der Waals surface area contributed by atoms with Crippen LogP contribution in [0.25, 0.3) is 0 Å². The summed E-state index contributed by atoms with van der Waals surface area (Å²) in [6.45, 7) is 1.11. The van der Waals surface area contributed by atoms with Crippen LogP contribution in [-0.2, 0) is 14.3 Å². The monoisotopic (exact) mass is 503 g/mol. The SMILES string of the molecule is COc1ccc(OC)c(NC(=O)C[C@H]2SC(=Nc3ccc(Cl)cc3)N(C[C@H]3CCCO3)C2=O)c1. The Labute approximate surface area is 207 Å². The topological polar surface area (TPSA) is 89.5 Å². The molecular formula is C24H26ClN3O5S. The quantitative estimate of drug-likeness (QED) is 0.570. The first-order chi connectivity index (χ1) is 16.5. The minimum Gasteiger partial charge on any atom is -0.497 e. The average molecular weight is 504 g/mol. The summed E-state index contributed by atoms with van der Waals surface area (Å²) in [7, 11) is 3.07. The standard InChI is InChI=1S/C24H26ClN3O5S/c1-31-17-9-10-20(32-2)19(12-17)27-22(29)13-21-23(30)28(14-18-4-3-11-33-18)24(34-21)26-16-7-5-15(25)6-8-16/h5-10,12,18,21H,3-4,11,13-14H2,1-2H3,(H,27,29)/t18-,21-/m1/s1. The number of hydrogen-bond acceptors (Lipinski definition) is 7. The zero-order chi connectivity index (χ0) is 24.1. The number of thioether (sulfide) groups is 1. The number of anilines is 1. The van der Waals surface area contributed by atoms with Gasteiger partial charge in [-0.1, -0.05) is 23.4 Å². The first-order valence-electron chi connectivity index (χ1n) is 10.9. The fraction of sp³-hybridized carbons (Fsp3) is 0.375. The van der Waals surface area contributed by atoms with Crippen molar-refractivity contribution in [1.82, 2.24) is 4.90 Å². The molecule has 0 unspecified atom stereocenters. The lowest BCUT2D eigenvalue weighted by Gasteiger charge is -2.20. The predicted molar refractivity (Wildman–Crippen MR) is 133 cm³/mol. The minimum absolute atomic E-state index is 0.00841.